The number of likely N-dealkylation sites (tertiary alicyclic amines) is 1. The summed E-state index contributed by atoms with van der Waals surface area (Å²) in [5.74, 6) is 1.41. The molecule has 1 N–H and O–H groups in total. The molecule has 2 aromatic heterocycles. The summed E-state index contributed by atoms with van der Waals surface area (Å²) in [6.45, 7) is 8.24. The molecule has 0 bridgehead atoms. The Labute approximate surface area is 148 Å². The van der Waals surface area contributed by atoms with E-state index in [2.05, 4.69) is 14.6 Å². The third kappa shape index (κ3) is 3.33. The monoisotopic (exact) mass is 345 g/mol. The molecule has 3 rings (SSSR count). The van der Waals surface area contributed by atoms with E-state index in [1.54, 1.807) is 16.9 Å². The van der Waals surface area contributed by atoms with E-state index in [1.807, 2.05) is 31.9 Å². The predicted octanol–water partition coefficient (Wildman–Crippen LogP) is 1.98. The molecule has 0 unspecified atom stereocenters. The number of aliphatic hydroxyl groups excluding tert-OH is 1. The minimum absolute atomic E-state index is 0.0241. The van der Waals surface area contributed by atoms with Crippen molar-refractivity contribution >= 4 is 5.91 Å². The fourth-order valence-electron chi connectivity index (χ4n) is 3.69. The van der Waals surface area contributed by atoms with Gasteiger partial charge < -0.3 is 14.6 Å². The zero-order valence-electron chi connectivity index (χ0n) is 15.2. The summed E-state index contributed by atoms with van der Waals surface area (Å²) >= 11 is 0. The van der Waals surface area contributed by atoms with E-state index in [4.69, 9.17) is 0 Å². The van der Waals surface area contributed by atoms with Crippen LogP contribution in [0.5, 0.6) is 0 Å². The van der Waals surface area contributed by atoms with Crippen LogP contribution in [0.4, 0.5) is 0 Å². The molecule has 7 nitrogen and oxygen atoms in total. The number of imidazole rings is 1. The molecule has 1 aliphatic rings. The molecule has 0 aliphatic carbocycles. The fourth-order valence-corrected chi connectivity index (χ4v) is 3.69. The van der Waals surface area contributed by atoms with Gasteiger partial charge in [0, 0.05) is 43.6 Å². The van der Waals surface area contributed by atoms with Crippen LogP contribution in [-0.4, -0.2) is 54.9 Å². The largest absolute Gasteiger partial charge is 0.394 e. The molecular formula is C18H27N5O2. The molecule has 0 spiro atoms. The minimum Gasteiger partial charge on any atom is -0.394 e. The minimum atomic E-state index is 0.0241. The maximum atomic E-state index is 12.7. The van der Waals surface area contributed by atoms with Gasteiger partial charge in [0.1, 0.15) is 11.5 Å². The Morgan fingerprint density at radius 1 is 1.40 bits per heavy atom. The lowest BCUT2D eigenvalue weighted by molar-refractivity contribution is 0.0697. The maximum Gasteiger partial charge on any atom is 0.272 e. The second kappa shape index (κ2) is 7.39. The highest BCUT2D eigenvalue weighted by atomic mass is 16.3. The summed E-state index contributed by atoms with van der Waals surface area (Å²) in [7, 11) is 0. The third-order valence-electron chi connectivity index (χ3n) is 5.10. The zero-order valence-corrected chi connectivity index (χ0v) is 15.2. The number of carbonyl (C=O) groups is 1. The summed E-state index contributed by atoms with van der Waals surface area (Å²) in [4.78, 5) is 19.2. The van der Waals surface area contributed by atoms with Crippen LogP contribution in [0.3, 0.4) is 0 Å². The highest BCUT2D eigenvalue weighted by Crippen LogP contribution is 2.30. The molecule has 1 aliphatic heterocycles. The second-order valence-corrected chi connectivity index (χ2v) is 6.76. The van der Waals surface area contributed by atoms with Crippen LogP contribution < -0.4 is 0 Å². The highest BCUT2D eigenvalue weighted by molar-refractivity contribution is 5.92. The summed E-state index contributed by atoms with van der Waals surface area (Å²) < 4.78 is 3.88. The van der Waals surface area contributed by atoms with Crippen molar-refractivity contribution in [3.8, 4) is 0 Å². The molecule has 0 aromatic carbocycles. The van der Waals surface area contributed by atoms with Crippen molar-refractivity contribution in [2.24, 2.45) is 0 Å². The van der Waals surface area contributed by atoms with Crippen molar-refractivity contribution < 1.29 is 9.90 Å². The molecule has 1 saturated heterocycles. The Morgan fingerprint density at radius 3 is 2.76 bits per heavy atom. The number of aryl methyl sites for hydroxylation is 2. The highest BCUT2D eigenvalue weighted by Gasteiger charge is 2.29. The van der Waals surface area contributed by atoms with E-state index >= 15 is 0 Å². The van der Waals surface area contributed by atoms with E-state index in [0.717, 1.165) is 37.4 Å². The zero-order chi connectivity index (χ0) is 18.0. The molecule has 0 saturated carbocycles. The Morgan fingerprint density at radius 2 is 2.12 bits per heavy atom. The molecule has 2 aromatic rings. The van der Waals surface area contributed by atoms with Crippen molar-refractivity contribution in [2.75, 3.05) is 19.7 Å². The van der Waals surface area contributed by atoms with Gasteiger partial charge in [-0.2, -0.15) is 5.10 Å². The maximum absolute atomic E-state index is 12.7. The molecule has 0 radical (unpaired) electrons. The lowest BCUT2D eigenvalue weighted by Gasteiger charge is -2.32. The number of amides is 1. The van der Waals surface area contributed by atoms with E-state index in [-0.39, 0.29) is 18.6 Å². The molecule has 1 atom stereocenters. The Bertz CT molecular complexity index is 728. The number of hydrogen-bond donors (Lipinski definition) is 1. The van der Waals surface area contributed by atoms with Crippen molar-refractivity contribution in [3.63, 3.8) is 0 Å². The number of piperidine rings is 1. The van der Waals surface area contributed by atoms with Gasteiger partial charge in [0.25, 0.3) is 5.91 Å². The number of hydrogen-bond acceptors (Lipinski definition) is 4. The van der Waals surface area contributed by atoms with Crippen LogP contribution in [-0.2, 0) is 6.54 Å². The summed E-state index contributed by atoms with van der Waals surface area (Å²) in [5, 5.41) is 13.7. The van der Waals surface area contributed by atoms with Gasteiger partial charge in [-0.15, -0.1) is 0 Å². The molecular weight excluding hydrogens is 318 g/mol. The van der Waals surface area contributed by atoms with Gasteiger partial charge in [0.2, 0.25) is 0 Å². The first-order chi connectivity index (χ1) is 12.1. The third-order valence-corrected chi connectivity index (χ3v) is 5.10. The molecule has 1 fully saturated rings. The fraction of sp³-hybridized carbons (Fsp3) is 0.611. The van der Waals surface area contributed by atoms with Crippen LogP contribution in [0.2, 0.25) is 0 Å². The number of carbonyl (C=O) groups excluding carboxylic acids is 1. The van der Waals surface area contributed by atoms with Crippen LogP contribution >= 0.6 is 0 Å². The molecule has 25 heavy (non-hydrogen) atoms. The van der Waals surface area contributed by atoms with Gasteiger partial charge in [-0.05, 0) is 39.7 Å². The Hall–Kier alpha value is -2.15. The van der Waals surface area contributed by atoms with E-state index < -0.39 is 0 Å². The van der Waals surface area contributed by atoms with Gasteiger partial charge in [0.15, 0.2) is 0 Å². The van der Waals surface area contributed by atoms with Gasteiger partial charge in [-0.1, -0.05) is 0 Å². The Kier molecular flexibility index (Phi) is 5.22. The van der Waals surface area contributed by atoms with Gasteiger partial charge in [0.05, 0.1) is 12.6 Å². The quantitative estimate of drug-likeness (QED) is 0.899. The molecule has 1 amide bonds. The number of aliphatic hydroxyl groups is 1. The predicted molar refractivity (Wildman–Crippen MR) is 94.5 cm³/mol. The van der Waals surface area contributed by atoms with Crippen molar-refractivity contribution in [3.05, 3.63) is 35.7 Å². The first-order valence-corrected chi connectivity index (χ1v) is 9.02. The molecule has 3 heterocycles. The first kappa shape index (κ1) is 17.7. The van der Waals surface area contributed by atoms with E-state index in [1.165, 1.54) is 0 Å². The summed E-state index contributed by atoms with van der Waals surface area (Å²) in [5.41, 5.74) is 1.73. The smallest absolute Gasteiger partial charge is 0.272 e. The van der Waals surface area contributed by atoms with Crippen LogP contribution in [0.15, 0.2) is 18.5 Å². The number of aromatic nitrogens is 4. The van der Waals surface area contributed by atoms with Crippen LogP contribution in [0.25, 0.3) is 0 Å². The van der Waals surface area contributed by atoms with Crippen LogP contribution in [0, 0.1) is 6.92 Å². The van der Waals surface area contributed by atoms with Gasteiger partial charge >= 0.3 is 0 Å². The van der Waals surface area contributed by atoms with Gasteiger partial charge in [-0.25, -0.2) is 4.98 Å². The normalized spacial score (nSPS) is 17.0. The van der Waals surface area contributed by atoms with Gasteiger partial charge in [-0.3, -0.25) is 9.48 Å². The van der Waals surface area contributed by atoms with Crippen molar-refractivity contribution in [2.45, 2.75) is 52.1 Å². The lowest BCUT2D eigenvalue weighted by atomic mass is 9.95. The topological polar surface area (TPSA) is 76.2 Å². The summed E-state index contributed by atoms with van der Waals surface area (Å²) in [6.07, 6.45) is 5.33. The molecule has 7 heteroatoms. The standard InChI is InChI=1S/C18H27N5O2/c1-4-22-16(5-8-20-22)18(25)21-9-6-15(7-10-21)17-19-11-13(2)23(17)14(3)12-24/h5,8,11,14-15,24H,4,6-7,9-10,12H2,1-3H3/t14-/m1/s1. The van der Waals surface area contributed by atoms with Crippen LogP contribution in [0.1, 0.15) is 60.7 Å². The van der Waals surface area contributed by atoms with E-state index in [0.29, 0.717) is 18.2 Å². The van der Waals surface area contributed by atoms with E-state index in [9.17, 15) is 9.90 Å². The Balaban J connectivity index is 1.69. The van der Waals surface area contributed by atoms with Crippen molar-refractivity contribution in [1.82, 2.24) is 24.2 Å². The SMILES string of the molecule is CCn1nccc1C(=O)N1CCC(c2ncc(C)n2[C@H](C)CO)CC1. The number of nitrogens with zero attached hydrogens (tertiary/aromatic N) is 5. The number of rotatable bonds is 5. The summed E-state index contributed by atoms with van der Waals surface area (Å²) in [6, 6.07) is 1.81. The first-order valence-electron chi connectivity index (χ1n) is 9.02. The lowest BCUT2D eigenvalue weighted by Crippen LogP contribution is -2.39. The average molecular weight is 345 g/mol. The van der Waals surface area contributed by atoms with Crippen molar-refractivity contribution in [1.29, 1.82) is 0 Å². The molecule has 136 valence electrons. The average Bonchev–Trinajstić information content (AvgIpc) is 3.27. The second-order valence-electron chi connectivity index (χ2n) is 6.76.